The number of benzene rings is 1. The van der Waals surface area contributed by atoms with Gasteiger partial charge in [0.15, 0.2) is 5.78 Å². The van der Waals surface area contributed by atoms with Crippen molar-refractivity contribution in [3.63, 3.8) is 0 Å². The molecule has 0 saturated heterocycles. The van der Waals surface area contributed by atoms with Gasteiger partial charge in [-0.2, -0.15) is 0 Å². The lowest BCUT2D eigenvalue weighted by Crippen LogP contribution is -2.04. The van der Waals surface area contributed by atoms with E-state index in [2.05, 4.69) is 0 Å². The molecular formula is C10H5Cl3O2. The average Bonchev–Trinajstić information content (AvgIpc) is 2.85. The third kappa shape index (κ3) is 1.89. The highest BCUT2D eigenvalue weighted by molar-refractivity contribution is 6.65. The number of ketones is 1. The van der Waals surface area contributed by atoms with Crippen molar-refractivity contribution < 1.29 is 9.59 Å². The zero-order chi connectivity index (χ0) is 11.2. The van der Waals surface area contributed by atoms with Crippen LogP contribution in [0.1, 0.15) is 23.5 Å². The van der Waals surface area contributed by atoms with E-state index in [-0.39, 0.29) is 18.1 Å². The molecule has 0 amide bonds. The fraction of sp³-hybridized carbons (Fsp3) is 0.200. The molecule has 0 aromatic heterocycles. The predicted octanol–water partition coefficient (Wildman–Crippen LogP) is 3.16. The molecule has 0 spiro atoms. The Bertz CT molecular complexity index is 468. The van der Waals surface area contributed by atoms with Gasteiger partial charge < -0.3 is 0 Å². The van der Waals surface area contributed by atoms with Crippen molar-refractivity contribution >= 4 is 45.8 Å². The molecule has 1 aliphatic carbocycles. The zero-order valence-electron chi connectivity index (χ0n) is 7.39. The van der Waals surface area contributed by atoms with Crippen molar-refractivity contribution in [1.82, 2.24) is 0 Å². The van der Waals surface area contributed by atoms with Gasteiger partial charge in [-0.1, -0.05) is 29.3 Å². The minimum atomic E-state index is -0.653. The van der Waals surface area contributed by atoms with Crippen LogP contribution in [0.15, 0.2) is 12.1 Å². The summed E-state index contributed by atoms with van der Waals surface area (Å²) in [5, 5.41) is 0.164. The van der Waals surface area contributed by atoms with Crippen LogP contribution in [0, 0.1) is 0 Å². The second-order valence-electron chi connectivity index (χ2n) is 3.30. The quantitative estimate of drug-likeness (QED) is 0.620. The molecule has 1 aromatic rings. The number of carbonyl (C=O) groups excluding carboxylic acids is 2. The van der Waals surface area contributed by atoms with Gasteiger partial charge in [-0.05, 0) is 28.8 Å². The van der Waals surface area contributed by atoms with Crippen molar-refractivity contribution in [2.45, 2.75) is 12.3 Å². The third-order valence-electron chi connectivity index (χ3n) is 2.32. The maximum absolute atomic E-state index is 11.5. The van der Waals surface area contributed by atoms with E-state index in [9.17, 15) is 9.59 Å². The molecule has 0 aliphatic heterocycles. The van der Waals surface area contributed by atoms with Crippen LogP contribution in [-0.4, -0.2) is 11.0 Å². The summed E-state index contributed by atoms with van der Waals surface area (Å²) in [5.74, 6) is -0.609. The van der Waals surface area contributed by atoms with E-state index in [1.165, 1.54) is 0 Å². The minimum Gasteiger partial charge on any atom is -0.298 e. The monoisotopic (exact) mass is 262 g/mol. The molecule has 1 atom stereocenters. The molecule has 0 heterocycles. The Balaban J connectivity index is 2.22. The number of hydrogen-bond donors (Lipinski definition) is 0. The molecule has 2 rings (SSSR count). The average molecular weight is 264 g/mol. The van der Waals surface area contributed by atoms with E-state index in [4.69, 9.17) is 34.8 Å². The fourth-order valence-electron chi connectivity index (χ4n) is 1.62. The number of fused-ring (bicyclic) bond motifs is 1. The molecule has 15 heavy (non-hydrogen) atoms. The van der Waals surface area contributed by atoms with Crippen molar-refractivity contribution in [3.05, 3.63) is 33.3 Å². The maximum Gasteiger partial charge on any atom is 0.229 e. The molecule has 0 radical (unpaired) electrons. The van der Waals surface area contributed by atoms with Crippen LogP contribution >= 0.6 is 34.8 Å². The second-order valence-corrected chi connectivity index (χ2v) is 4.50. The minimum absolute atomic E-state index is 0.228. The number of carbonyl (C=O) groups is 2. The maximum atomic E-state index is 11.5. The molecular weight excluding hydrogens is 258 g/mol. The topological polar surface area (TPSA) is 34.1 Å². The molecule has 2 nitrogen and oxygen atoms in total. The van der Waals surface area contributed by atoms with Crippen molar-refractivity contribution in [1.29, 1.82) is 0 Å². The van der Waals surface area contributed by atoms with Gasteiger partial charge in [-0.3, -0.25) is 9.59 Å². The summed E-state index contributed by atoms with van der Waals surface area (Å²) in [7, 11) is 0. The number of Topliss-reactive ketones (excluding diaryl/α,β-unsaturated/α-hetero) is 1. The Labute approximate surface area is 101 Å². The second kappa shape index (κ2) is 3.78. The fourth-order valence-corrected chi connectivity index (χ4v) is 2.19. The summed E-state index contributed by atoms with van der Waals surface area (Å²) < 4.78 is 0. The normalized spacial score (nSPS) is 17.1. The molecule has 78 valence electrons. The van der Waals surface area contributed by atoms with Gasteiger partial charge in [-0.15, -0.1) is 0 Å². The molecule has 5 heteroatoms. The summed E-state index contributed by atoms with van der Waals surface area (Å²) in [6, 6.07) is 3.38. The SMILES string of the molecule is O=C(Cl)CC(=O)C1c2ccc(Cl)c(Cl)c21. The zero-order valence-corrected chi connectivity index (χ0v) is 9.66. The van der Waals surface area contributed by atoms with Crippen molar-refractivity contribution in [3.8, 4) is 0 Å². The summed E-state index contributed by atoms with van der Waals surface area (Å²) >= 11 is 16.8. The molecule has 0 bridgehead atoms. The highest BCUT2D eigenvalue weighted by Gasteiger charge is 2.41. The van der Waals surface area contributed by atoms with Gasteiger partial charge in [0.05, 0.1) is 22.4 Å². The Morgan fingerprint density at radius 1 is 1.27 bits per heavy atom. The van der Waals surface area contributed by atoms with Crippen LogP contribution in [0.5, 0.6) is 0 Å². The lowest BCUT2D eigenvalue weighted by atomic mass is 10.1. The largest absolute Gasteiger partial charge is 0.298 e. The van der Waals surface area contributed by atoms with Gasteiger partial charge >= 0.3 is 0 Å². The van der Waals surface area contributed by atoms with Crippen LogP contribution in [0.25, 0.3) is 0 Å². The van der Waals surface area contributed by atoms with E-state index in [1.807, 2.05) is 0 Å². The van der Waals surface area contributed by atoms with E-state index >= 15 is 0 Å². The smallest absolute Gasteiger partial charge is 0.229 e. The van der Waals surface area contributed by atoms with Gasteiger partial charge in [-0.25, -0.2) is 0 Å². The highest BCUT2D eigenvalue weighted by Crippen LogP contribution is 2.51. The first-order valence-corrected chi connectivity index (χ1v) is 5.34. The lowest BCUT2D eigenvalue weighted by molar-refractivity contribution is -0.123. The molecule has 0 fully saturated rings. The summed E-state index contributed by atoms with van der Waals surface area (Å²) in [6.45, 7) is 0. The van der Waals surface area contributed by atoms with Gasteiger partial charge in [0.25, 0.3) is 0 Å². The first-order valence-electron chi connectivity index (χ1n) is 4.21. The number of hydrogen-bond acceptors (Lipinski definition) is 2. The summed E-state index contributed by atoms with van der Waals surface area (Å²) in [4.78, 5) is 22.1. The predicted molar refractivity (Wildman–Crippen MR) is 58.8 cm³/mol. The van der Waals surface area contributed by atoms with Crippen LogP contribution in [0.2, 0.25) is 10.0 Å². The first kappa shape index (κ1) is 10.9. The molecule has 0 saturated carbocycles. The van der Waals surface area contributed by atoms with Crippen LogP contribution in [0.3, 0.4) is 0 Å². The van der Waals surface area contributed by atoms with Crippen LogP contribution < -0.4 is 0 Å². The van der Waals surface area contributed by atoms with Crippen molar-refractivity contribution in [2.24, 2.45) is 0 Å². The lowest BCUT2D eigenvalue weighted by Gasteiger charge is -1.92. The number of rotatable bonds is 3. The van der Waals surface area contributed by atoms with Crippen molar-refractivity contribution in [2.75, 3.05) is 0 Å². The van der Waals surface area contributed by atoms with Crippen LogP contribution in [-0.2, 0) is 9.59 Å². The Hall–Kier alpha value is -0.570. The Kier molecular flexibility index (Phi) is 2.75. The van der Waals surface area contributed by atoms with Crippen LogP contribution in [0.4, 0.5) is 0 Å². The van der Waals surface area contributed by atoms with E-state index in [1.54, 1.807) is 12.1 Å². The van der Waals surface area contributed by atoms with E-state index in [0.29, 0.717) is 10.0 Å². The molecule has 1 aliphatic rings. The van der Waals surface area contributed by atoms with Gasteiger partial charge in [0.1, 0.15) is 0 Å². The first-order chi connectivity index (χ1) is 7.02. The van der Waals surface area contributed by atoms with E-state index in [0.717, 1.165) is 11.1 Å². The molecule has 1 aromatic carbocycles. The Morgan fingerprint density at radius 2 is 1.93 bits per heavy atom. The summed E-state index contributed by atoms with van der Waals surface area (Å²) in [6.07, 6.45) is -0.269. The van der Waals surface area contributed by atoms with E-state index < -0.39 is 5.24 Å². The highest BCUT2D eigenvalue weighted by atomic mass is 35.5. The molecule has 1 unspecified atom stereocenters. The standard InChI is InChI=1S/C10H5Cl3O2/c11-5-2-1-4-8(9(4)10(5)13)6(14)3-7(12)15/h1-2,8H,3H2. The Morgan fingerprint density at radius 3 is 2.53 bits per heavy atom. The molecule has 0 N–H and O–H groups in total. The summed E-state index contributed by atoms with van der Waals surface area (Å²) in [5.41, 5.74) is 1.57. The number of halogens is 3. The van der Waals surface area contributed by atoms with Gasteiger partial charge in [0.2, 0.25) is 5.24 Å². The van der Waals surface area contributed by atoms with Gasteiger partial charge in [0, 0.05) is 0 Å². The third-order valence-corrected chi connectivity index (χ3v) is 3.27.